The number of aliphatic hydroxyl groups is 1. The number of carbonyl (C=O) groups excluding carboxylic acids is 2. The van der Waals surface area contributed by atoms with Gasteiger partial charge in [0.25, 0.3) is 5.91 Å². The normalized spacial score (nSPS) is 16.6. The van der Waals surface area contributed by atoms with Gasteiger partial charge in [-0.15, -0.1) is 0 Å². The summed E-state index contributed by atoms with van der Waals surface area (Å²) >= 11 is 0. The first-order valence-electron chi connectivity index (χ1n) is 7.39. The fraction of sp³-hybridized carbons (Fsp3) is 0.600. The molecule has 21 heavy (non-hydrogen) atoms. The molecule has 2 rings (SSSR count). The molecule has 0 aliphatic heterocycles. The van der Waals surface area contributed by atoms with E-state index in [0.29, 0.717) is 19.4 Å². The molecule has 116 valence electrons. The Morgan fingerprint density at radius 3 is 2.71 bits per heavy atom. The lowest BCUT2D eigenvalue weighted by atomic mass is 9.98. The average Bonchev–Trinajstić information content (AvgIpc) is 3.15. The highest BCUT2D eigenvalue weighted by Gasteiger charge is 2.34. The summed E-state index contributed by atoms with van der Waals surface area (Å²) in [5, 5.41) is 15.1. The summed E-state index contributed by atoms with van der Waals surface area (Å²) in [4.78, 5) is 23.5. The summed E-state index contributed by atoms with van der Waals surface area (Å²) in [6.45, 7) is 0.410. The molecule has 1 saturated carbocycles. The highest BCUT2D eigenvalue weighted by atomic mass is 16.3. The summed E-state index contributed by atoms with van der Waals surface area (Å²) in [6, 6.07) is 3.24. The molecule has 0 spiro atoms. The van der Waals surface area contributed by atoms with E-state index in [2.05, 4.69) is 10.6 Å². The standard InChI is InChI=1S/C15H22N2O4/c18-11-15(7-1-2-8-15)17-13(19)6-3-9-16-14(20)12-5-4-10-21-12/h4-5,10,18H,1-3,6-9,11H2,(H,16,20)(H,17,19). The predicted molar refractivity (Wildman–Crippen MR) is 76.7 cm³/mol. The van der Waals surface area contributed by atoms with Gasteiger partial charge in [-0.1, -0.05) is 12.8 Å². The van der Waals surface area contributed by atoms with Crippen molar-refractivity contribution in [1.29, 1.82) is 0 Å². The maximum Gasteiger partial charge on any atom is 0.286 e. The molecule has 0 aromatic carbocycles. The second kappa shape index (κ2) is 7.26. The molecule has 0 unspecified atom stereocenters. The zero-order valence-electron chi connectivity index (χ0n) is 12.1. The maximum atomic E-state index is 11.9. The largest absolute Gasteiger partial charge is 0.459 e. The number of nitrogens with one attached hydrogen (secondary N) is 2. The lowest BCUT2D eigenvalue weighted by Gasteiger charge is -2.28. The van der Waals surface area contributed by atoms with Crippen LogP contribution in [-0.2, 0) is 4.79 Å². The Balaban J connectivity index is 1.64. The minimum atomic E-state index is -0.422. The van der Waals surface area contributed by atoms with Crippen LogP contribution >= 0.6 is 0 Å². The van der Waals surface area contributed by atoms with Gasteiger partial charge in [0.1, 0.15) is 0 Å². The molecule has 0 bridgehead atoms. The fourth-order valence-corrected chi connectivity index (χ4v) is 2.68. The van der Waals surface area contributed by atoms with Crippen LogP contribution in [-0.4, -0.2) is 35.6 Å². The maximum absolute atomic E-state index is 11.9. The van der Waals surface area contributed by atoms with E-state index in [0.717, 1.165) is 25.7 Å². The number of amides is 2. The predicted octanol–water partition coefficient (Wildman–Crippen LogP) is 1.21. The molecule has 1 aliphatic rings. The molecule has 6 nitrogen and oxygen atoms in total. The molecule has 6 heteroatoms. The zero-order valence-corrected chi connectivity index (χ0v) is 12.1. The van der Waals surface area contributed by atoms with Gasteiger partial charge >= 0.3 is 0 Å². The van der Waals surface area contributed by atoms with Crippen LogP contribution in [0, 0.1) is 0 Å². The van der Waals surface area contributed by atoms with Gasteiger partial charge < -0.3 is 20.2 Å². The Morgan fingerprint density at radius 2 is 2.10 bits per heavy atom. The van der Waals surface area contributed by atoms with Gasteiger partial charge in [0, 0.05) is 13.0 Å². The van der Waals surface area contributed by atoms with Crippen LogP contribution in [0.4, 0.5) is 0 Å². The molecule has 1 aliphatic carbocycles. The van der Waals surface area contributed by atoms with E-state index >= 15 is 0 Å². The van der Waals surface area contributed by atoms with E-state index < -0.39 is 5.54 Å². The van der Waals surface area contributed by atoms with E-state index in [9.17, 15) is 14.7 Å². The summed E-state index contributed by atoms with van der Waals surface area (Å²) in [5.41, 5.74) is -0.422. The van der Waals surface area contributed by atoms with Crippen LogP contribution < -0.4 is 10.6 Å². The molecule has 0 radical (unpaired) electrons. The summed E-state index contributed by atoms with van der Waals surface area (Å²) in [5.74, 6) is -0.0779. The lowest BCUT2D eigenvalue weighted by molar-refractivity contribution is -0.123. The Kier molecular flexibility index (Phi) is 5.38. The number of rotatable bonds is 7. The Hall–Kier alpha value is -1.82. The van der Waals surface area contributed by atoms with Gasteiger partial charge in [0.2, 0.25) is 5.91 Å². The van der Waals surface area contributed by atoms with Gasteiger partial charge in [-0.25, -0.2) is 0 Å². The van der Waals surface area contributed by atoms with Crippen LogP contribution in [0.15, 0.2) is 22.8 Å². The summed E-state index contributed by atoms with van der Waals surface area (Å²) < 4.78 is 4.97. The van der Waals surface area contributed by atoms with E-state index in [4.69, 9.17) is 4.42 Å². The van der Waals surface area contributed by atoms with Gasteiger partial charge in [0.05, 0.1) is 18.4 Å². The Bertz CT molecular complexity index is 464. The van der Waals surface area contributed by atoms with E-state index in [1.165, 1.54) is 6.26 Å². The first-order valence-corrected chi connectivity index (χ1v) is 7.39. The van der Waals surface area contributed by atoms with Crippen LogP contribution in [0.2, 0.25) is 0 Å². The topological polar surface area (TPSA) is 91.6 Å². The molecular formula is C15H22N2O4. The molecule has 3 N–H and O–H groups in total. The van der Waals surface area contributed by atoms with Crippen LogP contribution in [0.3, 0.4) is 0 Å². The van der Waals surface area contributed by atoms with E-state index in [-0.39, 0.29) is 24.2 Å². The van der Waals surface area contributed by atoms with Crippen molar-refractivity contribution in [2.45, 2.75) is 44.1 Å². The average molecular weight is 294 g/mol. The first kappa shape index (κ1) is 15.6. The SMILES string of the molecule is O=C(CCCNC(=O)c1ccco1)NC1(CO)CCCC1. The third-order valence-electron chi connectivity index (χ3n) is 3.88. The van der Waals surface area contributed by atoms with Crippen molar-refractivity contribution < 1.29 is 19.1 Å². The highest BCUT2D eigenvalue weighted by molar-refractivity contribution is 5.91. The first-order chi connectivity index (χ1) is 10.2. The zero-order chi connectivity index (χ0) is 15.1. The van der Waals surface area contributed by atoms with Gasteiger partial charge in [0.15, 0.2) is 5.76 Å². The van der Waals surface area contributed by atoms with Gasteiger partial charge in [-0.05, 0) is 31.4 Å². The number of carbonyl (C=O) groups is 2. The molecule has 1 heterocycles. The fourth-order valence-electron chi connectivity index (χ4n) is 2.68. The van der Waals surface area contributed by atoms with E-state index in [1.54, 1.807) is 12.1 Å². The van der Waals surface area contributed by atoms with Crippen molar-refractivity contribution in [3.05, 3.63) is 24.2 Å². The second-order valence-corrected chi connectivity index (χ2v) is 5.53. The molecule has 0 saturated heterocycles. The van der Waals surface area contributed by atoms with Gasteiger partial charge in [-0.2, -0.15) is 0 Å². The minimum Gasteiger partial charge on any atom is -0.459 e. The smallest absolute Gasteiger partial charge is 0.286 e. The molecule has 2 amide bonds. The molecule has 0 atom stereocenters. The Morgan fingerprint density at radius 1 is 1.33 bits per heavy atom. The molecular weight excluding hydrogens is 272 g/mol. The van der Waals surface area contributed by atoms with Crippen molar-refractivity contribution in [2.24, 2.45) is 0 Å². The lowest BCUT2D eigenvalue weighted by Crippen LogP contribution is -2.49. The van der Waals surface area contributed by atoms with E-state index in [1.807, 2.05) is 0 Å². The molecule has 1 aromatic rings. The van der Waals surface area contributed by atoms with Crippen molar-refractivity contribution in [1.82, 2.24) is 10.6 Å². The Labute approximate surface area is 123 Å². The van der Waals surface area contributed by atoms with Crippen molar-refractivity contribution >= 4 is 11.8 Å². The number of hydrogen-bond donors (Lipinski definition) is 3. The highest BCUT2D eigenvalue weighted by Crippen LogP contribution is 2.29. The number of aliphatic hydroxyl groups excluding tert-OH is 1. The van der Waals surface area contributed by atoms with Crippen LogP contribution in [0.5, 0.6) is 0 Å². The van der Waals surface area contributed by atoms with Crippen molar-refractivity contribution in [3.8, 4) is 0 Å². The third kappa shape index (κ3) is 4.32. The van der Waals surface area contributed by atoms with Gasteiger partial charge in [-0.3, -0.25) is 9.59 Å². The third-order valence-corrected chi connectivity index (χ3v) is 3.88. The van der Waals surface area contributed by atoms with Crippen LogP contribution in [0.1, 0.15) is 49.1 Å². The van der Waals surface area contributed by atoms with Crippen LogP contribution in [0.25, 0.3) is 0 Å². The number of furan rings is 1. The summed E-state index contributed by atoms with van der Waals surface area (Å²) in [6.07, 6.45) is 6.09. The quantitative estimate of drug-likeness (QED) is 0.659. The second-order valence-electron chi connectivity index (χ2n) is 5.53. The number of hydrogen-bond acceptors (Lipinski definition) is 4. The van der Waals surface area contributed by atoms with Crippen molar-refractivity contribution in [2.75, 3.05) is 13.2 Å². The monoisotopic (exact) mass is 294 g/mol. The molecule has 1 aromatic heterocycles. The molecule has 1 fully saturated rings. The van der Waals surface area contributed by atoms with Crippen molar-refractivity contribution in [3.63, 3.8) is 0 Å². The summed E-state index contributed by atoms with van der Waals surface area (Å²) in [7, 11) is 0. The minimum absolute atomic E-state index is 0.00598.